The zero-order valence-electron chi connectivity index (χ0n) is 8.66. The number of hydrogen-bond donors (Lipinski definition) is 1. The first-order chi connectivity index (χ1) is 7.33. The topological polar surface area (TPSA) is 33.1 Å². The lowest BCUT2D eigenvalue weighted by Crippen LogP contribution is -1.86. The van der Waals surface area contributed by atoms with Gasteiger partial charge in [-0.3, -0.25) is 0 Å². The Kier molecular flexibility index (Phi) is 6.81. The zero-order chi connectivity index (χ0) is 10.9. The van der Waals surface area contributed by atoms with Crippen LogP contribution in [-0.4, -0.2) is 22.5 Å². The van der Waals surface area contributed by atoms with Gasteiger partial charge in [0.15, 0.2) is 0 Å². The molecular formula is C11H16ClNOS. The van der Waals surface area contributed by atoms with Crippen molar-refractivity contribution in [3.63, 3.8) is 0 Å². The molecule has 0 bridgehead atoms. The number of rotatable bonds is 7. The van der Waals surface area contributed by atoms with Gasteiger partial charge in [0.05, 0.1) is 10.0 Å². The lowest BCUT2D eigenvalue weighted by atomic mass is 10.2. The van der Waals surface area contributed by atoms with Crippen LogP contribution in [0, 0.1) is 0 Å². The van der Waals surface area contributed by atoms with E-state index in [2.05, 4.69) is 4.98 Å². The second-order valence-corrected chi connectivity index (χ2v) is 4.85. The highest BCUT2D eigenvalue weighted by Crippen LogP contribution is 2.18. The maximum atomic E-state index is 8.60. The van der Waals surface area contributed by atoms with Crippen LogP contribution >= 0.6 is 23.4 Å². The molecule has 15 heavy (non-hydrogen) atoms. The number of pyridine rings is 1. The van der Waals surface area contributed by atoms with Crippen LogP contribution in [0.2, 0.25) is 5.02 Å². The monoisotopic (exact) mass is 245 g/mol. The number of aliphatic hydroxyl groups is 1. The highest BCUT2D eigenvalue weighted by molar-refractivity contribution is 7.99. The van der Waals surface area contributed by atoms with E-state index in [1.807, 2.05) is 12.1 Å². The highest BCUT2D eigenvalue weighted by atomic mass is 35.5. The molecule has 1 N–H and O–H groups in total. The fraction of sp³-hybridized carbons (Fsp3) is 0.545. The molecule has 0 aliphatic carbocycles. The van der Waals surface area contributed by atoms with E-state index in [0.29, 0.717) is 11.6 Å². The number of nitrogens with zero attached hydrogens (tertiary/aromatic N) is 1. The third-order valence-corrected chi connectivity index (χ3v) is 3.26. The Bertz CT molecular complexity index is 266. The first-order valence-corrected chi connectivity index (χ1v) is 6.54. The van der Waals surface area contributed by atoms with Gasteiger partial charge in [0.2, 0.25) is 0 Å². The third-order valence-electron chi connectivity index (χ3n) is 2.00. The Morgan fingerprint density at radius 3 is 2.67 bits per heavy atom. The minimum atomic E-state index is 0.311. The van der Waals surface area contributed by atoms with E-state index in [1.165, 1.54) is 12.8 Å². The summed E-state index contributed by atoms with van der Waals surface area (Å²) in [7, 11) is 0. The summed E-state index contributed by atoms with van der Waals surface area (Å²) in [4.78, 5) is 4.20. The molecule has 0 saturated carbocycles. The molecule has 0 spiro atoms. The van der Waals surface area contributed by atoms with Crippen molar-refractivity contribution in [1.82, 2.24) is 4.98 Å². The summed E-state index contributed by atoms with van der Waals surface area (Å²) in [5, 5.41) is 10.3. The molecule has 0 fully saturated rings. The van der Waals surface area contributed by atoms with Crippen LogP contribution in [0.3, 0.4) is 0 Å². The van der Waals surface area contributed by atoms with E-state index in [-0.39, 0.29) is 0 Å². The van der Waals surface area contributed by atoms with E-state index in [4.69, 9.17) is 16.7 Å². The molecule has 1 aromatic heterocycles. The van der Waals surface area contributed by atoms with Crippen molar-refractivity contribution in [1.29, 1.82) is 0 Å². The minimum Gasteiger partial charge on any atom is -0.396 e. The summed E-state index contributed by atoms with van der Waals surface area (Å²) in [5.41, 5.74) is 0. The molecule has 0 atom stereocenters. The van der Waals surface area contributed by atoms with Crippen LogP contribution in [-0.2, 0) is 0 Å². The maximum Gasteiger partial charge on any atom is 0.0960 e. The molecule has 0 aromatic carbocycles. The Balaban J connectivity index is 2.07. The molecular weight excluding hydrogens is 230 g/mol. The quantitative estimate of drug-likeness (QED) is 0.591. The first kappa shape index (κ1) is 12.8. The summed E-state index contributed by atoms with van der Waals surface area (Å²) < 4.78 is 0. The smallest absolute Gasteiger partial charge is 0.0960 e. The van der Waals surface area contributed by atoms with Crippen LogP contribution in [0.1, 0.15) is 25.7 Å². The molecule has 0 aliphatic rings. The van der Waals surface area contributed by atoms with Crippen LogP contribution in [0.4, 0.5) is 0 Å². The molecule has 0 aliphatic heterocycles. The molecule has 2 nitrogen and oxygen atoms in total. The van der Waals surface area contributed by atoms with Crippen molar-refractivity contribution in [2.45, 2.75) is 30.7 Å². The van der Waals surface area contributed by atoms with E-state index < -0.39 is 0 Å². The molecule has 1 rings (SSSR count). The maximum absolute atomic E-state index is 8.60. The van der Waals surface area contributed by atoms with Crippen molar-refractivity contribution < 1.29 is 5.11 Å². The van der Waals surface area contributed by atoms with Gasteiger partial charge in [-0.15, -0.1) is 11.8 Å². The van der Waals surface area contributed by atoms with E-state index in [0.717, 1.165) is 23.6 Å². The van der Waals surface area contributed by atoms with Gasteiger partial charge in [0.25, 0.3) is 0 Å². The second-order valence-electron chi connectivity index (χ2n) is 3.30. The molecule has 0 radical (unpaired) electrons. The molecule has 0 unspecified atom stereocenters. The standard InChI is InChI=1S/C11H16ClNOS/c12-10-5-6-11(13-9-10)15-8-4-2-1-3-7-14/h5-6,9,14H,1-4,7-8H2. The number of aliphatic hydroxyl groups excluding tert-OH is 1. The number of thioether (sulfide) groups is 1. The van der Waals surface area contributed by atoms with Crippen LogP contribution < -0.4 is 0 Å². The van der Waals surface area contributed by atoms with Crippen molar-refractivity contribution in [3.05, 3.63) is 23.4 Å². The van der Waals surface area contributed by atoms with Gasteiger partial charge < -0.3 is 5.11 Å². The van der Waals surface area contributed by atoms with Gasteiger partial charge in [-0.1, -0.05) is 24.4 Å². The Morgan fingerprint density at radius 2 is 2.00 bits per heavy atom. The molecule has 1 heterocycles. The SMILES string of the molecule is OCCCCCCSc1ccc(Cl)cn1. The molecule has 4 heteroatoms. The van der Waals surface area contributed by atoms with Gasteiger partial charge in [0, 0.05) is 12.8 Å². The summed E-state index contributed by atoms with van der Waals surface area (Å²) in [6.07, 6.45) is 6.07. The summed E-state index contributed by atoms with van der Waals surface area (Å²) in [5.74, 6) is 1.08. The predicted octanol–water partition coefficient (Wildman–Crippen LogP) is 3.38. The molecule has 0 amide bonds. The summed E-state index contributed by atoms with van der Waals surface area (Å²) in [6, 6.07) is 3.81. The van der Waals surface area contributed by atoms with Gasteiger partial charge in [-0.2, -0.15) is 0 Å². The van der Waals surface area contributed by atoms with Crippen LogP contribution in [0.25, 0.3) is 0 Å². The number of unbranched alkanes of at least 4 members (excludes halogenated alkanes) is 3. The van der Waals surface area contributed by atoms with Crippen LogP contribution in [0.15, 0.2) is 23.4 Å². The molecule has 0 saturated heterocycles. The average Bonchev–Trinajstić information content (AvgIpc) is 2.26. The third kappa shape index (κ3) is 6.03. The number of aromatic nitrogens is 1. The van der Waals surface area contributed by atoms with Crippen molar-refractivity contribution in [3.8, 4) is 0 Å². The average molecular weight is 246 g/mol. The Hall–Kier alpha value is -0.250. The van der Waals surface area contributed by atoms with Gasteiger partial charge in [0.1, 0.15) is 0 Å². The molecule has 84 valence electrons. The molecule has 1 aromatic rings. The van der Waals surface area contributed by atoms with Crippen molar-refractivity contribution in [2.24, 2.45) is 0 Å². The van der Waals surface area contributed by atoms with E-state index in [1.54, 1.807) is 18.0 Å². The minimum absolute atomic E-state index is 0.311. The van der Waals surface area contributed by atoms with Crippen molar-refractivity contribution in [2.75, 3.05) is 12.4 Å². The van der Waals surface area contributed by atoms with Gasteiger partial charge in [-0.05, 0) is 30.7 Å². The fourth-order valence-electron chi connectivity index (χ4n) is 1.19. The lowest BCUT2D eigenvalue weighted by Gasteiger charge is -2.00. The first-order valence-electron chi connectivity index (χ1n) is 5.18. The number of halogens is 1. The fourth-order valence-corrected chi connectivity index (χ4v) is 2.15. The predicted molar refractivity (Wildman–Crippen MR) is 65.5 cm³/mol. The zero-order valence-corrected chi connectivity index (χ0v) is 10.2. The largest absolute Gasteiger partial charge is 0.396 e. The Morgan fingerprint density at radius 1 is 1.20 bits per heavy atom. The normalized spacial score (nSPS) is 10.5. The highest BCUT2D eigenvalue weighted by Gasteiger charge is 1.95. The lowest BCUT2D eigenvalue weighted by molar-refractivity contribution is 0.283. The van der Waals surface area contributed by atoms with Crippen molar-refractivity contribution >= 4 is 23.4 Å². The van der Waals surface area contributed by atoms with Gasteiger partial charge >= 0.3 is 0 Å². The Labute approximate surface area is 100 Å². The van der Waals surface area contributed by atoms with Gasteiger partial charge in [-0.25, -0.2) is 4.98 Å². The van der Waals surface area contributed by atoms with E-state index in [9.17, 15) is 0 Å². The summed E-state index contributed by atoms with van der Waals surface area (Å²) in [6.45, 7) is 0.311. The van der Waals surface area contributed by atoms with E-state index >= 15 is 0 Å². The van der Waals surface area contributed by atoms with Crippen LogP contribution in [0.5, 0.6) is 0 Å². The summed E-state index contributed by atoms with van der Waals surface area (Å²) >= 11 is 7.49. The number of hydrogen-bond acceptors (Lipinski definition) is 3. The second kappa shape index (κ2) is 7.97.